The van der Waals surface area contributed by atoms with Crippen LogP contribution < -0.4 is 5.73 Å². The zero-order valence-corrected chi connectivity index (χ0v) is 11.7. The average molecular weight is 295 g/mol. The molecule has 1 aromatic carbocycles. The van der Waals surface area contributed by atoms with Crippen molar-refractivity contribution in [2.75, 3.05) is 5.73 Å². The van der Waals surface area contributed by atoms with Crippen molar-refractivity contribution in [2.24, 2.45) is 0 Å². The van der Waals surface area contributed by atoms with Crippen molar-refractivity contribution in [2.45, 2.75) is 26.7 Å². The second-order valence-electron chi connectivity index (χ2n) is 4.36. The summed E-state index contributed by atoms with van der Waals surface area (Å²) in [5.41, 5.74) is 8.96. The summed E-state index contributed by atoms with van der Waals surface area (Å²) in [7, 11) is 0. The van der Waals surface area contributed by atoms with E-state index in [1.807, 2.05) is 29.8 Å². The maximum absolute atomic E-state index is 5.86. The third-order valence-electron chi connectivity index (χ3n) is 2.68. The number of aryl methyl sites for hydroxylation is 1. The van der Waals surface area contributed by atoms with Gasteiger partial charge in [-0.15, -0.1) is 5.10 Å². The zero-order chi connectivity index (χ0) is 12.6. The van der Waals surface area contributed by atoms with E-state index in [0.29, 0.717) is 5.82 Å². The molecule has 5 heteroatoms. The van der Waals surface area contributed by atoms with Crippen molar-refractivity contribution in [1.82, 2.24) is 15.0 Å². The van der Waals surface area contributed by atoms with E-state index < -0.39 is 0 Å². The molecule has 0 radical (unpaired) electrons. The van der Waals surface area contributed by atoms with Gasteiger partial charge in [0.05, 0.1) is 11.4 Å². The van der Waals surface area contributed by atoms with Crippen molar-refractivity contribution < 1.29 is 0 Å². The second kappa shape index (κ2) is 4.49. The van der Waals surface area contributed by atoms with Gasteiger partial charge in [0.15, 0.2) is 5.82 Å². The fraction of sp³-hybridized carbons (Fsp3) is 0.333. The van der Waals surface area contributed by atoms with Gasteiger partial charge in [-0.25, -0.2) is 4.68 Å². The highest BCUT2D eigenvalue weighted by molar-refractivity contribution is 9.10. The van der Waals surface area contributed by atoms with Crippen molar-refractivity contribution in [3.8, 4) is 5.69 Å². The molecule has 0 saturated heterocycles. The van der Waals surface area contributed by atoms with Crippen molar-refractivity contribution in [3.05, 3.63) is 33.9 Å². The molecule has 0 saturated carbocycles. The summed E-state index contributed by atoms with van der Waals surface area (Å²) in [4.78, 5) is 0. The first kappa shape index (κ1) is 12.1. The second-order valence-corrected chi connectivity index (χ2v) is 5.27. The Kier molecular flexibility index (Phi) is 3.19. The van der Waals surface area contributed by atoms with Gasteiger partial charge < -0.3 is 5.73 Å². The Morgan fingerprint density at radius 2 is 2.06 bits per heavy atom. The summed E-state index contributed by atoms with van der Waals surface area (Å²) in [6.45, 7) is 6.21. The van der Waals surface area contributed by atoms with Gasteiger partial charge in [0.1, 0.15) is 0 Å². The van der Waals surface area contributed by atoms with Gasteiger partial charge in [0, 0.05) is 4.47 Å². The largest absolute Gasteiger partial charge is 0.381 e. The van der Waals surface area contributed by atoms with E-state index in [9.17, 15) is 0 Å². The molecule has 0 fully saturated rings. The number of rotatable bonds is 2. The SMILES string of the molecule is Cc1ccc(Br)cc1-n1nnc(N)c1C(C)C. The van der Waals surface area contributed by atoms with Gasteiger partial charge in [0.25, 0.3) is 0 Å². The van der Waals surface area contributed by atoms with Crippen LogP contribution >= 0.6 is 15.9 Å². The standard InChI is InChI=1S/C12H15BrN4/c1-7(2)11-12(14)15-16-17(11)10-6-9(13)5-4-8(10)3/h4-7H,14H2,1-3H3. The van der Waals surface area contributed by atoms with E-state index in [2.05, 4.69) is 40.1 Å². The number of anilines is 1. The fourth-order valence-electron chi connectivity index (χ4n) is 1.83. The molecule has 2 N–H and O–H groups in total. The zero-order valence-electron chi connectivity index (χ0n) is 10.1. The Hall–Kier alpha value is -1.36. The Morgan fingerprint density at radius 3 is 2.71 bits per heavy atom. The Morgan fingerprint density at radius 1 is 1.35 bits per heavy atom. The van der Waals surface area contributed by atoms with E-state index in [0.717, 1.165) is 21.4 Å². The average Bonchev–Trinajstić information content (AvgIpc) is 2.64. The number of nitrogens with two attached hydrogens (primary N) is 1. The van der Waals surface area contributed by atoms with Crippen LogP contribution in [-0.2, 0) is 0 Å². The first-order valence-electron chi connectivity index (χ1n) is 5.48. The molecule has 4 nitrogen and oxygen atoms in total. The lowest BCUT2D eigenvalue weighted by molar-refractivity contribution is 0.713. The smallest absolute Gasteiger partial charge is 0.169 e. The van der Waals surface area contributed by atoms with Crippen molar-refractivity contribution in [1.29, 1.82) is 0 Å². The van der Waals surface area contributed by atoms with E-state index in [4.69, 9.17) is 5.73 Å². The number of aromatic nitrogens is 3. The number of halogens is 1. The molecule has 0 amide bonds. The van der Waals surface area contributed by atoms with Gasteiger partial charge in [-0.3, -0.25) is 0 Å². The number of hydrogen-bond acceptors (Lipinski definition) is 3. The summed E-state index contributed by atoms with van der Waals surface area (Å²) in [6, 6.07) is 6.07. The lowest BCUT2D eigenvalue weighted by Crippen LogP contribution is -2.07. The van der Waals surface area contributed by atoms with E-state index in [1.165, 1.54) is 0 Å². The van der Waals surface area contributed by atoms with E-state index in [1.54, 1.807) is 0 Å². The molecular weight excluding hydrogens is 280 g/mol. The van der Waals surface area contributed by atoms with Crippen LogP contribution in [-0.4, -0.2) is 15.0 Å². The van der Waals surface area contributed by atoms with Crippen LogP contribution in [0.3, 0.4) is 0 Å². The molecule has 0 atom stereocenters. The maximum Gasteiger partial charge on any atom is 0.169 e. The molecule has 90 valence electrons. The van der Waals surface area contributed by atoms with Crippen LogP contribution in [0.15, 0.2) is 22.7 Å². The van der Waals surface area contributed by atoms with Crippen LogP contribution in [0, 0.1) is 6.92 Å². The summed E-state index contributed by atoms with van der Waals surface area (Å²) < 4.78 is 2.84. The van der Waals surface area contributed by atoms with E-state index in [-0.39, 0.29) is 5.92 Å². The van der Waals surface area contributed by atoms with Gasteiger partial charge in [-0.05, 0) is 30.5 Å². The quantitative estimate of drug-likeness (QED) is 0.926. The minimum atomic E-state index is 0.281. The lowest BCUT2D eigenvalue weighted by Gasteiger charge is -2.12. The summed E-state index contributed by atoms with van der Waals surface area (Å²) in [5, 5.41) is 8.09. The normalized spacial score (nSPS) is 11.1. The van der Waals surface area contributed by atoms with Gasteiger partial charge in [-0.2, -0.15) is 0 Å². The predicted octanol–water partition coefficient (Wildman–Crippen LogP) is 3.04. The molecule has 0 aliphatic rings. The maximum atomic E-state index is 5.86. The highest BCUT2D eigenvalue weighted by Crippen LogP contribution is 2.26. The van der Waals surface area contributed by atoms with E-state index >= 15 is 0 Å². The Balaban J connectivity index is 2.64. The number of benzene rings is 1. The lowest BCUT2D eigenvalue weighted by atomic mass is 10.1. The van der Waals surface area contributed by atoms with Crippen LogP contribution in [0.1, 0.15) is 31.0 Å². The van der Waals surface area contributed by atoms with Gasteiger partial charge in [0.2, 0.25) is 0 Å². The monoisotopic (exact) mass is 294 g/mol. The van der Waals surface area contributed by atoms with Gasteiger partial charge >= 0.3 is 0 Å². The van der Waals surface area contributed by atoms with Crippen LogP contribution in [0.4, 0.5) is 5.82 Å². The molecule has 0 aliphatic heterocycles. The molecule has 0 aliphatic carbocycles. The molecular formula is C12H15BrN4. The molecule has 0 spiro atoms. The summed E-state index contributed by atoms with van der Waals surface area (Å²) in [6.07, 6.45) is 0. The van der Waals surface area contributed by atoms with Crippen LogP contribution in [0.2, 0.25) is 0 Å². The molecule has 1 aromatic heterocycles. The molecule has 2 rings (SSSR count). The van der Waals surface area contributed by atoms with Crippen molar-refractivity contribution in [3.63, 3.8) is 0 Å². The third kappa shape index (κ3) is 2.20. The Bertz CT molecular complexity index is 545. The first-order valence-corrected chi connectivity index (χ1v) is 6.27. The highest BCUT2D eigenvalue weighted by atomic mass is 79.9. The van der Waals surface area contributed by atoms with Gasteiger partial charge in [-0.1, -0.05) is 41.1 Å². The molecule has 1 heterocycles. The summed E-state index contributed by atoms with van der Waals surface area (Å²) >= 11 is 3.47. The number of hydrogen-bond donors (Lipinski definition) is 1. The topological polar surface area (TPSA) is 56.7 Å². The number of nitrogens with zero attached hydrogens (tertiary/aromatic N) is 3. The first-order chi connectivity index (χ1) is 8.00. The fourth-order valence-corrected chi connectivity index (χ4v) is 2.18. The minimum Gasteiger partial charge on any atom is -0.381 e. The minimum absolute atomic E-state index is 0.281. The number of nitrogen functional groups attached to an aromatic ring is 1. The predicted molar refractivity (Wildman–Crippen MR) is 72.3 cm³/mol. The molecule has 0 unspecified atom stereocenters. The Labute approximate surface area is 109 Å². The molecule has 0 bridgehead atoms. The molecule has 2 aromatic rings. The van der Waals surface area contributed by atoms with Crippen molar-refractivity contribution >= 4 is 21.7 Å². The third-order valence-corrected chi connectivity index (χ3v) is 3.17. The summed E-state index contributed by atoms with van der Waals surface area (Å²) in [5.74, 6) is 0.780. The molecule has 17 heavy (non-hydrogen) atoms. The van der Waals surface area contributed by atoms with Crippen LogP contribution in [0.25, 0.3) is 5.69 Å². The van der Waals surface area contributed by atoms with Crippen LogP contribution in [0.5, 0.6) is 0 Å². The highest BCUT2D eigenvalue weighted by Gasteiger charge is 2.16.